The number of aromatic nitrogens is 3. The minimum absolute atomic E-state index is 0.229. The molecule has 0 bridgehead atoms. The maximum absolute atomic E-state index is 11.0. The molecule has 2 N–H and O–H groups in total. The number of hydrogen-bond donors (Lipinski definition) is 2. The molecule has 7 heteroatoms. The third-order valence-electron chi connectivity index (χ3n) is 4.45. The number of aromatic carboxylic acids is 1. The van der Waals surface area contributed by atoms with Crippen LogP contribution in [0.4, 0.5) is 0 Å². The number of pyridine rings is 1. The van der Waals surface area contributed by atoms with Crippen LogP contribution in [0.2, 0.25) is 0 Å². The fourth-order valence-electron chi connectivity index (χ4n) is 3.10. The normalized spacial score (nSPS) is 18.5. The van der Waals surface area contributed by atoms with Crippen LogP contribution >= 0.6 is 11.8 Å². The summed E-state index contributed by atoms with van der Waals surface area (Å²) in [7, 11) is 0. The summed E-state index contributed by atoms with van der Waals surface area (Å²) in [6.07, 6.45) is 5.08. The van der Waals surface area contributed by atoms with Crippen molar-refractivity contribution in [2.24, 2.45) is 0 Å². The summed E-state index contributed by atoms with van der Waals surface area (Å²) in [5.74, 6) is 0.139. The summed E-state index contributed by atoms with van der Waals surface area (Å²) in [6, 6.07) is 8.42. The second-order valence-corrected chi connectivity index (χ2v) is 7.43. The molecular formula is C18H17N3O3S. The van der Waals surface area contributed by atoms with Crippen molar-refractivity contribution < 1.29 is 15.0 Å². The third-order valence-corrected chi connectivity index (χ3v) is 5.89. The van der Waals surface area contributed by atoms with Crippen molar-refractivity contribution in [3.8, 4) is 5.69 Å². The van der Waals surface area contributed by atoms with E-state index < -0.39 is 12.1 Å². The van der Waals surface area contributed by atoms with Crippen molar-refractivity contribution in [2.45, 2.75) is 24.2 Å². The van der Waals surface area contributed by atoms with Crippen molar-refractivity contribution >= 4 is 28.8 Å². The number of aliphatic hydroxyl groups excluding tert-OH is 1. The Morgan fingerprint density at radius 2 is 2.08 bits per heavy atom. The standard InChI is InChI=1S/C18H17N3O3S/c22-16(15-2-1-7-25-15)12-8-13-10-20-21(17(13)19-9-12)14-5-3-11(4-6-14)18(23)24/h3-6,8-10,15-16,22H,1-2,7H2,(H,23,24)/t15-,16+/m0/s1. The van der Waals surface area contributed by atoms with Crippen molar-refractivity contribution in [1.82, 2.24) is 14.8 Å². The molecule has 0 radical (unpaired) electrons. The van der Waals surface area contributed by atoms with Crippen LogP contribution in [0.1, 0.15) is 34.9 Å². The molecule has 6 nitrogen and oxygen atoms in total. The highest BCUT2D eigenvalue weighted by Gasteiger charge is 2.25. The zero-order chi connectivity index (χ0) is 17.4. The smallest absolute Gasteiger partial charge is 0.335 e. The van der Waals surface area contributed by atoms with E-state index in [0.717, 1.165) is 35.2 Å². The van der Waals surface area contributed by atoms with E-state index in [4.69, 9.17) is 5.11 Å². The second kappa shape index (κ2) is 6.50. The Kier molecular flexibility index (Phi) is 4.19. The molecule has 2 aromatic heterocycles. The summed E-state index contributed by atoms with van der Waals surface area (Å²) in [5.41, 5.74) is 2.46. The molecule has 0 aliphatic carbocycles. The number of carboxylic acids is 1. The van der Waals surface area contributed by atoms with Crippen LogP contribution in [0, 0.1) is 0 Å². The van der Waals surface area contributed by atoms with Crippen LogP contribution in [-0.2, 0) is 0 Å². The van der Waals surface area contributed by atoms with Gasteiger partial charge in [0.25, 0.3) is 0 Å². The van der Waals surface area contributed by atoms with Gasteiger partial charge in [-0.2, -0.15) is 16.9 Å². The molecule has 25 heavy (non-hydrogen) atoms. The topological polar surface area (TPSA) is 88.2 Å². The van der Waals surface area contributed by atoms with Crippen molar-refractivity contribution in [3.63, 3.8) is 0 Å². The highest BCUT2D eigenvalue weighted by atomic mass is 32.2. The van der Waals surface area contributed by atoms with E-state index in [9.17, 15) is 9.90 Å². The lowest BCUT2D eigenvalue weighted by atomic mass is 10.0. The average Bonchev–Trinajstić information content (AvgIpc) is 3.30. The van der Waals surface area contributed by atoms with Gasteiger partial charge in [-0.3, -0.25) is 0 Å². The largest absolute Gasteiger partial charge is 0.478 e. The SMILES string of the molecule is O=C(O)c1ccc(-n2ncc3cc([C@@H](O)[C@@H]4CCCS4)cnc32)cc1. The summed E-state index contributed by atoms with van der Waals surface area (Å²) in [5, 5.41) is 25.0. The van der Waals surface area contributed by atoms with Gasteiger partial charge in [0, 0.05) is 22.4 Å². The highest BCUT2D eigenvalue weighted by Crippen LogP contribution is 2.36. The predicted octanol–water partition coefficient (Wildman–Crippen LogP) is 3.05. The first-order valence-electron chi connectivity index (χ1n) is 8.10. The van der Waals surface area contributed by atoms with E-state index in [0.29, 0.717) is 5.65 Å². The molecule has 4 rings (SSSR count). The highest BCUT2D eigenvalue weighted by molar-refractivity contribution is 8.00. The maximum Gasteiger partial charge on any atom is 0.335 e. The average molecular weight is 355 g/mol. The molecule has 0 spiro atoms. The molecule has 0 amide bonds. The fraction of sp³-hybridized carbons (Fsp3) is 0.278. The number of thioether (sulfide) groups is 1. The van der Waals surface area contributed by atoms with Gasteiger partial charge in [0.15, 0.2) is 5.65 Å². The Morgan fingerprint density at radius 3 is 2.76 bits per heavy atom. The molecule has 1 aromatic carbocycles. The lowest BCUT2D eigenvalue weighted by Crippen LogP contribution is -2.12. The van der Waals surface area contributed by atoms with Crippen LogP contribution in [0.3, 0.4) is 0 Å². The van der Waals surface area contributed by atoms with E-state index in [-0.39, 0.29) is 10.8 Å². The number of aliphatic hydroxyl groups is 1. The van der Waals surface area contributed by atoms with Gasteiger partial charge in [0.05, 0.1) is 23.6 Å². The summed E-state index contributed by atoms with van der Waals surface area (Å²) in [6.45, 7) is 0. The number of rotatable bonds is 4. The second-order valence-electron chi connectivity index (χ2n) is 6.09. The first-order chi connectivity index (χ1) is 12.1. The Hall–Kier alpha value is -2.38. The molecule has 1 aliphatic rings. The first kappa shape index (κ1) is 16.1. The van der Waals surface area contributed by atoms with Crippen molar-refractivity contribution in [3.05, 3.63) is 53.9 Å². The Bertz CT molecular complexity index is 917. The number of nitrogens with zero attached hydrogens (tertiary/aromatic N) is 3. The molecule has 3 aromatic rings. The number of fused-ring (bicyclic) bond motifs is 1. The summed E-state index contributed by atoms with van der Waals surface area (Å²) < 4.78 is 1.67. The van der Waals surface area contributed by atoms with Gasteiger partial charge < -0.3 is 10.2 Å². The lowest BCUT2D eigenvalue weighted by molar-refractivity contribution is 0.0697. The Morgan fingerprint density at radius 1 is 1.28 bits per heavy atom. The molecule has 3 heterocycles. The quantitative estimate of drug-likeness (QED) is 0.748. The first-order valence-corrected chi connectivity index (χ1v) is 9.15. The van der Waals surface area contributed by atoms with Gasteiger partial charge in [0.2, 0.25) is 0 Å². The van der Waals surface area contributed by atoms with Crippen LogP contribution in [-0.4, -0.2) is 41.9 Å². The molecule has 0 unspecified atom stereocenters. The van der Waals surface area contributed by atoms with Gasteiger partial charge in [-0.15, -0.1) is 0 Å². The van der Waals surface area contributed by atoms with E-state index >= 15 is 0 Å². The van der Waals surface area contributed by atoms with Gasteiger partial charge in [-0.1, -0.05) is 0 Å². The minimum Gasteiger partial charge on any atom is -0.478 e. The Labute approximate surface area is 148 Å². The van der Waals surface area contributed by atoms with Gasteiger partial charge in [0.1, 0.15) is 0 Å². The number of benzene rings is 1. The molecular weight excluding hydrogens is 338 g/mol. The zero-order valence-corrected chi connectivity index (χ0v) is 14.2. The molecule has 128 valence electrons. The zero-order valence-electron chi connectivity index (χ0n) is 13.4. The van der Waals surface area contributed by atoms with Crippen LogP contribution in [0.5, 0.6) is 0 Å². The minimum atomic E-state index is -0.960. The summed E-state index contributed by atoms with van der Waals surface area (Å²) >= 11 is 1.81. The third kappa shape index (κ3) is 3.01. The molecule has 1 fully saturated rings. The van der Waals surface area contributed by atoms with Crippen LogP contribution < -0.4 is 0 Å². The van der Waals surface area contributed by atoms with E-state index in [2.05, 4.69) is 10.1 Å². The van der Waals surface area contributed by atoms with Gasteiger partial charge >= 0.3 is 5.97 Å². The maximum atomic E-state index is 11.0. The lowest BCUT2D eigenvalue weighted by Gasteiger charge is -2.17. The molecule has 1 saturated heterocycles. The fourth-order valence-corrected chi connectivity index (χ4v) is 4.41. The predicted molar refractivity (Wildman–Crippen MR) is 96.3 cm³/mol. The monoisotopic (exact) mass is 355 g/mol. The van der Waals surface area contributed by atoms with Crippen molar-refractivity contribution in [2.75, 3.05) is 5.75 Å². The van der Waals surface area contributed by atoms with E-state index in [1.807, 2.05) is 17.8 Å². The number of carbonyl (C=O) groups is 1. The number of hydrogen-bond acceptors (Lipinski definition) is 5. The molecule has 0 saturated carbocycles. The van der Waals surface area contributed by atoms with Gasteiger partial charge in [-0.25, -0.2) is 14.5 Å². The number of carboxylic acid groups (broad SMARTS) is 1. The molecule has 1 aliphatic heterocycles. The van der Waals surface area contributed by atoms with E-state index in [1.54, 1.807) is 41.3 Å². The molecule has 2 atom stereocenters. The summed E-state index contributed by atoms with van der Waals surface area (Å²) in [4.78, 5) is 15.4. The van der Waals surface area contributed by atoms with Crippen LogP contribution in [0.15, 0.2) is 42.7 Å². The Balaban J connectivity index is 1.66. The van der Waals surface area contributed by atoms with Crippen molar-refractivity contribution in [1.29, 1.82) is 0 Å². The van der Waals surface area contributed by atoms with Gasteiger partial charge in [-0.05, 0) is 48.9 Å². The van der Waals surface area contributed by atoms with E-state index in [1.165, 1.54) is 0 Å². The van der Waals surface area contributed by atoms with Crippen LogP contribution in [0.25, 0.3) is 16.7 Å².